The van der Waals surface area contributed by atoms with Crippen LogP contribution < -0.4 is 21.7 Å². The molecule has 3 rings (SSSR count). The topological polar surface area (TPSA) is 215 Å². The Morgan fingerprint density at radius 2 is 1.68 bits per heavy atom. The summed E-state index contributed by atoms with van der Waals surface area (Å²) in [6, 6.07) is 8.84. The number of imide groups is 1. The fourth-order valence-electron chi connectivity index (χ4n) is 3.99. The van der Waals surface area contributed by atoms with Crippen LogP contribution in [-0.4, -0.2) is 65.7 Å². The average molecular weight is 553 g/mol. The van der Waals surface area contributed by atoms with Gasteiger partial charge in [-0.3, -0.25) is 29.5 Å². The number of nitrogens with two attached hydrogens (primary N) is 2. The monoisotopic (exact) mass is 552 g/mol. The van der Waals surface area contributed by atoms with E-state index in [0.29, 0.717) is 11.1 Å². The van der Waals surface area contributed by atoms with Gasteiger partial charge < -0.3 is 26.4 Å². The van der Waals surface area contributed by atoms with Gasteiger partial charge in [-0.1, -0.05) is 47.5 Å². The summed E-state index contributed by atoms with van der Waals surface area (Å²) in [4.78, 5) is 83.0. The van der Waals surface area contributed by atoms with Gasteiger partial charge in [-0.05, 0) is 31.5 Å². The van der Waals surface area contributed by atoms with Crippen molar-refractivity contribution in [3.8, 4) is 0 Å². The van der Waals surface area contributed by atoms with Crippen molar-refractivity contribution >= 4 is 47.1 Å². The lowest BCUT2D eigenvalue weighted by molar-refractivity contribution is -0.186. The molecule has 4 amide bonds. The highest BCUT2D eigenvalue weighted by Gasteiger charge is 2.52. The lowest BCUT2D eigenvalue weighted by atomic mass is 9.91. The van der Waals surface area contributed by atoms with Crippen molar-refractivity contribution in [2.75, 3.05) is 12.0 Å². The van der Waals surface area contributed by atoms with Crippen molar-refractivity contribution in [3.05, 3.63) is 65.7 Å². The number of hydrogen-bond acceptors (Lipinski definition) is 10. The number of nitrogen functional groups attached to an aromatic ring is 1. The third kappa shape index (κ3) is 5.81. The van der Waals surface area contributed by atoms with Gasteiger partial charge in [0.15, 0.2) is 11.8 Å². The number of carbonyl (C=O) groups excluding carboxylic acids is 6. The molecule has 0 aliphatic carbocycles. The number of para-hydroxylation sites is 1. The summed E-state index contributed by atoms with van der Waals surface area (Å²) in [7, 11) is 1.10. The highest BCUT2D eigenvalue weighted by Crippen LogP contribution is 2.30. The number of methoxy groups -OCH3 is 1. The van der Waals surface area contributed by atoms with Crippen molar-refractivity contribution in [3.63, 3.8) is 0 Å². The molecule has 0 radical (unpaired) electrons. The molecule has 2 aromatic carbocycles. The number of urea groups is 1. The van der Waals surface area contributed by atoms with Gasteiger partial charge in [0.1, 0.15) is 11.4 Å². The largest absolute Gasteiger partial charge is 0.469 e. The van der Waals surface area contributed by atoms with E-state index in [2.05, 4.69) is 10.1 Å². The van der Waals surface area contributed by atoms with E-state index in [1.807, 2.05) is 0 Å². The number of carbonyl (C=O) groups is 6. The van der Waals surface area contributed by atoms with Gasteiger partial charge in [-0.2, -0.15) is 0 Å². The van der Waals surface area contributed by atoms with Crippen LogP contribution in [0.15, 0.2) is 54.6 Å². The minimum absolute atomic E-state index is 0.0672. The van der Waals surface area contributed by atoms with Gasteiger partial charge in [-0.25, -0.2) is 9.59 Å². The minimum Gasteiger partial charge on any atom is -0.469 e. The fourth-order valence-corrected chi connectivity index (χ4v) is 3.99. The molecule has 1 saturated heterocycles. The number of esters is 1. The van der Waals surface area contributed by atoms with Crippen molar-refractivity contribution in [1.29, 1.82) is 5.41 Å². The summed E-state index contributed by atoms with van der Waals surface area (Å²) in [5.74, 6) is -5.26. The smallest absolute Gasteiger partial charge is 0.363 e. The number of Topliss-reactive ketones (excluding diaryl/α,β-unsaturated/α-hetero) is 1. The summed E-state index contributed by atoms with van der Waals surface area (Å²) in [5.41, 5.74) is 10.4. The Balaban J connectivity index is 1.93. The Labute approximate surface area is 228 Å². The highest BCUT2D eigenvalue weighted by molar-refractivity contribution is 6.15. The van der Waals surface area contributed by atoms with Crippen LogP contribution in [0.2, 0.25) is 0 Å². The molecular weight excluding hydrogens is 524 g/mol. The van der Waals surface area contributed by atoms with Crippen LogP contribution in [0.3, 0.4) is 0 Å². The van der Waals surface area contributed by atoms with Gasteiger partial charge in [0.05, 0.1) is 19.6 Å². The number of benzene rings is 2. The van der Waals surface area contributed by atoms with E-state index in [9.17, 15) is 28.8 Å². The molecule has 0 bridgehead atoms. The molecular formula is C26H28N6O8. The normalized spacial score (nSPS) is 17.9. The molecule has 14 nitrogen and oxygen atoms in total. The second kappa shape index (κ2) is 11.7. The zero-order valence-corrected chi connectivity index (χ0v) is 21.9. The molecule has 210 valence electrons. The molecule has 3 atom stereocenters. The summed E-state index contributed by atoms with van der Waals surface area (Å²) >= 11 is 0. The maximum atomic E-state index is 13.3. The van der Waals surface area contributed by atoms with E-state index in [-0.39, 0.29) is 16.6 Å². The first kappa shape index (κ1) is 29.4. The van der Waals surface area contributed by atoms with Crippen LogP contribution in [0.25, 0.3) is 0 Å². The van der Waals surface area contributed by atoms with Crippen molar-refractivity contribution < 1.29 is 38.3 Å². The highest BCUT2D eigenvalue weighted by atomic mass is 16.7. The van der Waals surface area contributed by atoms with Gasteiger partial charge in [0.25, 0.3) is 5.91 Å². The molecule has 40 heavy (non-hydrogen) atoms. The number of nitrogens with zero attached hydrogens (tertiary/aromatic N) is 2. The molecule has 2 aromatic rings. The van der Waals surface area contributed by atoms with Crippen molar-refractivity contribution in [2.45, 2.75) is 37.9 Å². The van der Waals surface area contributed by atoms with E-state index < -0.39 is 59.6 Å². The predicted molar refractivity (Wildman–Crippen MR) is 139 cm³/mol. The number of hydrogen-bond donors (Lipinski definition) is 4. The molecule has 14 heteroatoms. The number of nitrogens with one attached hydrogen (secondary N) is 2. The Kier molecular flexibility index (Phi) is 8.64. The van der Waals surface area contributed by atoms with Crippen molar-refractivity contribution in [1.82, 2.24) is 10.4 Å². The van der Waals surface area contributed by atoms with Crippen LogP contribution in [0, 0.1) is 5.41 Å². The Morgan fingerprint density at radius 1 is 1.07 bits per heavy atom. The first-order valence-electron chi connectivity index (χ1n) is 11.9. The summed E-state index contributed by atoms with van der Waals surface area (Å²) in [6.07, 6.45) is -0.549. The number of ether oxygens (including phenoxy) is 1. The molecule has 0 saturated carbocycles. The van der Waals surface area contributed by atoms with Crippen LogP contribution in [-0.2, 0) is 39.1 Å². The van der Waals surface area contributed by atoms with E-state index in [0.717, 1.165) is 18.9 Å². The maximum Gasteiger partial charge on any atom is 0.363 e. The maximum absolute atomic E-state index is 13.3. The summed E-state index contributed by atoms with van der Waals surface area (Å²) in [6.45, 7) is 2.38. The summed E-state index contributed by atoms with van der Waals surface area (Å²) < 4.78 is 4.54. The van der Waals surface area contributed by atoms with E-state index in [1.165, 1.54) is 55.5 Å². The van der Waals surface area contributed by atoms with Crippen molar-refractivity contribution in [2.24, 2.45) is 11.5 Å². The molecule has 1 heterocycles. The average Bonchev–Trinajstić information content (AvgIpc) is 3.14. The first-order valence-corrected chi connectivity index (χ1v) is 11.9. The van der Waals surface area contributed by atoms with Gasteiger partial charge in [0, 0.05) is 11.3 Å². The second-order valence-corrected chi connectivity index (χ2v) is 9.00. The van der Waals surface area contributed by atoms with E-state index in [4.69, 9.17) is 21.7 Å². The molecule has 1 fully saturated rings. The SMILES string of the molecule is COC(=O)C[C@H](N)C(=O)N(c1ccccc1)[C@@H](C(C)=O)C(=O)ON1C(=O)N[C@](C)(c2ccc(C(=N)N)cc2)C1=O. The molecule has 0 spiro atoms. The predicted octanol–water partition coefficient (Wildman–Crippen LogP) is 0.0771. The molecule has 6 N–H and O–H groups in total. The van der Waals surface area contributed by atoms with Gasteiger partial charge in [-0.15, -0.1) is 0 Å². The van der Waals surface area contributed by atoms with Gasteiger partial charge >= 0.3 is 18.0 Å². The lowest BCUT2D eigenvalue weighted by Gasteiger charge is -2.31. The lowest BCUT2D eigenvalue weighted by Crippen LogP contribution is -2.56. The number of ketones is 1. The quantitative estimate of drug-likeness (QED) is 0.102. The Morgan fingerprint density at radius 3 is 2.20 bits per heavy atom. The number of amides is 4. The van der Waals surface area contributed by atoms with Crippen LogP contribution in [0.1, 0.15) is 31.4 Å². The van der Waals surface area contributed by atoms with Crippen LogP contribution in [0.4, 0.5) is 10.5 Å². The van der Waals surface area contributed by atoms with E-state index >= 15 is 0 Å². The zero-order chi connectivity index (χ0) is 29.8. The van der Waals surface area contributed by atoms with Crippen LogP contribution in [0.5, 0.6) is 0 Å². The standard InChI is InChI=1S/C26H28N6O8/c1-14(33)20(31(17-7-5-4-6-8-17)22(35)18(27)13-19(34)39-3)23(36)40-32-24(37)26(2,30-25(32)38)16-11-9-15(10-12-16)21(28)29/h4-12,18,20H,13,27H2,1-3H3,(H3,28,29)(H,30,38)/t18-,20-,26+/m0/s1. The number of rotatable bonds is 10. The second-order valence-electron chi connectivity index (χ2n) is 9.00. The summed E-state index contributed by atoms with van der Waals surface area (Å²) in [5, 5.41) is 10.1. The first-order chi connectivity index (χ1) is 18.8. The zero-order valence-electron chi connectivity index (χ0n) is 21.9. The molecule has 1 aliphatic heterocycles. The number of amidine groups is 1. The Hall–Kier alpha value is -5.11. The molecule has 1 aliphatic rings. The van der Waals surface area contributed by atoms with Gasteiger partial charge in [0.2, 0.25) is 5.91 Å². The number of anilines is 1. The fraction of sp³-hybridized carbons (Fsp3) is 0.269. The molecule has 0 aromatic heterocycles. The minimum atomic E-state index is -1.97. The molecule has 0 unspecified atom stereocenters. The number of hydroxylamine groups is 2. The van der Waals surface area contributed by atoms with E-state index in [1.54, 1.807) is 6.07 Å². The Bertz CT molecular complexity index is 1360. The van der Waals surface area contributed by atoms with Crippen LogP contribution >= 0.6 is 0 Å². The third-order valence-corrected chi connectivity index (χ3v) is 6.18. The third-order valence-electron chi connectivity index (χ3n) is 6.18.